The van der Waals surface area contributed by atoms with Crippen LogP contribution >= 0.6 is 23.2 Å². The van der Waals surface area contributed by atoms with Crippen LogP contribution in [0, 0.1) is 0 Å². The quantitative estimate of drug-likeness (QED) is 0.398. The van der Waals surface area contributed by atoms with Crippen LogP contribution in [0.25, 0.3) is 11.4 Å². The molecule has 7 nitrogen and oxygen atoms in total. The molecule has 2 atom stereocenters. The Balaban J connectivity index is 1.42. The molecule has 2 aromatic heterocycles. The van der Waals surface area contributed by atoms with Crippen molar-refractivity contribution in [2.75, 3.05) is 13.7 Å². The maximum atomic E-state index is 6.28. The summed E-state index contributed by atoms with van der Waals surface area (Å²) in [4.78, 5) is 7.00. The van der Waals surface area contributed by atoms with Crippen molar-refractivity contribution in [3.63, 3.8) is 0 Å². The number of rotatable bonds is 2. The minimum Gasteiger partial charge on any atom is -0.355 e. The fourth-order valence-electron chi connectivity index (χ4n) is 4.47. The van der Waals surface area contributed by atoms with E-state index in [4.69, 9.17) is 32.9 Å². The average Bonchev–Trinajstić information content (AvgIpc) is 3.47. The van der Waals surface area contributed by atoms with Crippen molar-refractivity contribution < 1.29 is 4.74 Å². The molecule has 9 heteroatoms. The summed E-state index contributed by atoms with van der Waals surface area (Å²) in [6.45, 7) is 0.584. The van der Waals surface area contributed by atoms with Crippen molar-refractivity contribution in [1.82, 2.24) is 29.4 Å². The van der Waals surface area contributed by atoms with Crippen LogP contribution < -0.4 is 0 Å². The van der Waals surface area contributed by atoms with Crippen LogP contribution in [0.3, 0.4) is 0 Å². The van der Waals surface area contributed by atoms with E-state index in [0.717, 1.165) is 33.5 Å². The van der Waals surface area contributed by atoms with Gasteiger partial charge in [-0.05, 0) is 42.9 Å². The Bertz CT molecular complexity index is 1280. The van der Waals surface area contributed by atoms with E-state index >= 15 is 0 Å². The zero-order chi connectivity index (χ0) is 21.1. The Morgan fingerprint density at radius 3 is 2.68 bits per heavy atom. The molecule has 156 valence electrons. The van der Waals surface area contributed by atoms with E-state index in [0.29, 0.717) is 18.1 Å². The van der Waals surface area contributed by atoms with E-state index in [1.165, 1.54) is 5.56 Å². The van der Waals surface area contributed by atoms with E-state index in [2.05, 4.69) is 26.8 Å². The molecule has 0 radical (unpaired) electrons. The summed E-state index contributed by atoms with van der Waals surface area (Å²) in [6.07, 6.45) is 4.01. The van der Waals surface area contributed by atoms with Gasteiger partial charge in [0.05, 0.1) is 47.9 Å². The average molecular weight is 453 g/mol. The Labute approximate surface area is 188 Å². The molecule has 1 saturated heterocycles. The summed E-state index contributed by atoms with van der Waals surface area (Å²) in [5, 5.41) is 9.78. The number of aromatic nitrogens is 5. The second kappa shape index (κ2) is 7.17. The van der Waals surface area contributed by atoms with Gasteiger partial charge in [-0.25, -0.2) is 9.67 Å². The highest BCUT2D eigenvalue weighted by molar-refractivity contribution is 6.31. The first-order valence-corrected chi connectivity index (χ1v) is 10.7. The molecule has 0 saturated carbocycles. The molecule has 4 aromatic rings. The standard InChI is InChI=1S/C22H18Cl2N6O/c1-28-20(13-2-4-14(23)5-3-13)11-31-22(28)21-19-9-16-10-26-27-30(16)18-8-15(24)6-7-17(18)29(19)12-25-21/h2-8,10,12,20,22H,9,11H2,1H3/t20-,22?/m1/s1. The molecular formula is C22H18Cl2N6O. The summed E-state index contributed by atoms with van der Waals surface area (Å²) >= 11 is 12.3. The zero-order valence-electron chi connectivity index (χ0n) is 16.6. The molecule has 2 aliphatic heterocycles. The van der Waals surface area contributed by atoms with Crippen LogP contribution in [0.2, 0.25) is 10.0 Å². The predicted octanol–water partition coefficient (Wildman–Crippen LogP) is 4.37. The maximum absolute atomic E-state index is 6.28. The molecule has 1 unspecified atom stereocenters. The predicted molar refractivity (Wildman–Crippen MR) is 117 cm³/mol. The van der Waals surface area contributed by atoms with Crippen LogP contribution in [-0.2, 0) is 11.2 Å². The van der Waals surface area contributed by atoms with Crippen LogP contribution in [-0.4, -0.2) is 43.1 Å². The largest absolute Gasteiger partial charge is 0.355 e. The monoisotopic (exact) mass is 452 g/mol. The highest BCUT2D eigenvalue weighted by Gasteiger charge is 2.37. The molecule has 0 aliphatic carbocycles. The lowest BCUT2D eigenvalue weighted by molar-refractivity contribution is 0.0393. The van der Waals surface area contributed by atoms with Gasteiger partial charge in [-0.3, -0.25) is 4.90 Å². The third kappa shape index (κ3) is 3.00. The number of hydrogen-bond donors (Lipinski definition) is 0. The normalized spacial score (nSPS) is 20.2. The SMILES string of the molecule is CN1C(c2ncn3c2Cc2cnnn2-c2cc(Cl)ccc2-3)OC[C@@H]1c1ccc(Cl)cc1. The van der Waals surface area contributed by atoms with Crippen LogP contribution in [0.1, 0.15) is 34.9 Å². The highest BCUT2D eigenvalue weighted by atomic mass is 35.5. The van der Waals surface area contributed by atoms with E-state index < -0.39 is 0 Å². The summed E-state index contributed by atoms with van der Waals surface area (Å²) in [7, 11) is 2.07. The van der Waals surface area contributed by atoms with Gasteiger partial charge in [-0.15, -0.1) is 5.10 Å². The number of hydrogen-bond acceptors (Lipinski definition) is 5. The van der Waals surface area contributed by atoms with Gasteiger partial charge in [0.1, 0.15) is 5.69 Å². The molecule has 6 rings (SSSR count). The summed E-state index contributed by atoms with van der Waals surface area (Å²) in [6, 6.07) is 13.8. The summed E-state index contributed by atoms with van der Waals surface area (Å²) < 4.78 is 10.2. The molecule has 0 bridgehead atoms. The first kappa shape index (κ1) is 19.0. The minimum absolute atomic E-state index is 0.128. The van der Waals surface area contributed by atoms with Crippen molar-refractivity contribution in [3.05, 3.63) is 87.7 Å². The van der Waals surface area contributed by atoms with Crippen molar-refractivity contribution in [2.45, 2.75) is 18.7 Å². The Hall–Kier alpha value is -2.71. The maximum Gasteiger partial charge on any atom is 0.156 e. The molecule has 4 heterocycles. The highest BCUT2D eigenvalue weighted by Crippen LogP contribution is 2.40. The number of imidazole rings is 1. The molecule has 0 N–H and O–H groups in total. The van der Waals surface area contributed by atoms with Gasteiger partial charge in [-0.1, -0.05) is 40.5 Å². The molecular weight excluding hydrogens is 435 g/mol. The van der Waals surface area contributed by atoms with E-state index in [-0.39, 0.29) is 12.3 Å². The van der Waals surface area contributed by atoms with Crippen LogP contribution in [0.5, 0.6) is 0 Å². The Morgan fingerprint density at radius 2 is 1.84 bits per heavy atom. The first-order valence-electron chi connectivity index (χ1n) is 9.95. The van der Waals surface area contributed by atoms with Gasteiger partial charge in [0.2, 0.25) is 0 Å². The lowest BCUT2D eigenvalue weighted by Gasteiger charge is -2.23. The number of ether oxygens (including phenoxy) is 1. The fraction of sp³-hybridized carbons (Fsp3) is 0.227. The van der Waals surface area contributed by atoms with E-state index in [1.54, 1.807) is 6.20 Å². The molecule has 1 fully saturated rings. The minimum atomic E-state index is -0.255. The van der Waals surface area contributed by atoms with Gasteiger partial charge in [0.15, 0.2) is 6.23 Å². The first-order chi connectivity index (χ1) is 15.1. The van der Waals surface area contributed by atoms with Gasteiger partial charge in [0, 0.05) is 16.5 Å². The summed E-state index contributed by atoms with van der Waals surface area (Å²) in [5.41, 5.74) is 5.92. The summed E-state index contributed by atoms with van der Waals surface area (Å²) in [5.74, 6) is 0. The Morgan fingerprint density at radius 1 is 1.03 bits per heavy atom. The topological polar surface area (TPSA) is 61.0 Å². The third-order valence-corrected chi connectivity index (χ3v) is 6.54. The van der Waals surface area contributed by atoms with Crippen molar-refractivity contribution in [3.8, 4) is 11.4 Å². The van der Waals surface area contributed by atoms with Gasteiger partial charge >= 0.3 is 0 Å². The van der Waals surface area contributed by atoms with Crippen molar-refractivity contribution >= 4 is 23.2 Å². The molecule has 2 aromatic carbocycles. The Kier molecular flexibility index (Phi) is 4.40. The molecule has 0 spiro atoms. The van der Waals surface area contributed by atoms with Crippen LogP contribution in [0.15, 0.2) is 55.0 Å². The zero-order valence-corrected chi connectivity index (χ0v) is 18.1. The number of nitrogens with zero attached hydrogens (tertiary/aromatic N) is 6. The lowest BCUT2D eigenvalue weighted by Crippen LogP contribution is -2.23. The second-order valence-electron chi connectivity index (χ2n) is 7.81. The number of likely N-dealkylation sites (N-methyl/N-ethyl adjacent to an activating group) is 1. The van der Waals surface area contributed by atoms with E-state index in [1.807, 2.05) is 53.5 Å². The van der Waals surface area contributed by atoms with Gasteiger partial charge < -0.3 is 9.30 Å². The second-order valence-corrected chi connectivity index (χ2v) is 8.68. The molecule has 0 amide bonds. The van der Waals surface area contributed by atoms with Gasteiger partial charge in [-0.2, -0.15) is 0 Å². The van der Waals surface area contributed by atoms with E-state index in [9.17, 15) is 0 Å². The number of halogens is 2. The lowest BCUT2D eigenvalue weighted by atomic mass is 10.1. The molecule has 2 aliphatic rings. The molecule has 31 heavy (non-hydrogen) atoms. The smallest absolute Gasteiger partial charge is 0.156 e. The number of benzene rings is 2. The van der Waals surface area contributed by atoms with Crippen LogP contribution in [0.4, 0.5) is 0 Å². The van der Waals surface area contributed by atoms with Crippen molar-refractivity contribution in [2.24, 2.45) is 0 Å². The number of fused-ring (bicyclic) bond motifs is 5. The van der Waals surface area contributed by atoms with Crippen molar-refractivity contribution in [1.29, 1.82) is 0 Å². The third-order valence-electron chi connectivity index (χ3n) is 6.05. The van der Waals surface area contributed by atoms with Gasteiger partial charge in [0.25, 0.3) is 0 Å². The fourth-order valence-corrected chi connectivity index (χ4v) is 4.76.